The average molecular weight is 242 g/mol. The Hall–Kier alpha value is -0.570. The lowest BCUT2D eigenvalue weighted by molar-refractivity contribution is 0.151. The molecule has 1 aromatic rings. The second kappa shape index (κ2) is 4.74. The van der Waals surface area contributed by atoms with E-state index >= 15 is 0 Å². The normalized spacial score (nSPS) is 15.9. The van der Waals surface area contributed by atoms with Gasteiger partial charge in [0.2, 0.25) is 0 Å². The van der Waals surface area contributed by atoms with Crippen molar-refractivity contribution in [1.82, 2.24) is 0 Å². The Bertz CT molecular complexity index is 369. The molecule has 0 bridgehead atoms. The number of aliphatic hydroxyl groups is 1. The Balaban J connectivity index is 3.29. The van der Waals surface area contributed by atoms with Crippen LogP contribution in [0.5, 0.6) is 0 Å². The van der Waals surface area contributed by atoms with E-state index in [-0.39, 0.29) is 11.5 Å². The number of hydrogen-bond donors (Lipinski definition) is 2. The highest BCUT2D eigenvalue weighted by Gasteiger charge is 2.23. The Morgan fingerprint density at radius 1 is 1.31 bits per heavy atom. The summed E-state index contributed by atoms with van der Waals surface area (Å²) in [7, 11) is 0. The zero-order chi connectivity index (χ0) is 12.5. The molecule has 0 amide bonds. The van der Waals surface area contributed by atoms with Crippen LogP contribution >= 0.6 is 11.6 Å². The van der Waals surface area contributed by atoms with E-state index in [1.165, 1.54) is 0 Å². The average Bonchev–Trinajstić information content (AvgIpc) is 2.14. The van der Waals surface area contributed by atoms with E-state index in [0.717, 1.165) is 11.1 Å². The van der Waals surface area contributed by atoms with Crippen LogP contribution in [0.15, 0.2) is 18.2 Å². The SMILES string of the molecule is CC(N)C(O)c1cc(Cl)ccc1C(C)(C)C. The van der Waals surface area contributed by atoms with Crippen LogP contribution < -0.4 is 5.73 Å². The van der Waals surface area contributed by atoms with Crippen LogP contribution in [-0.4, -0.2) is 11.1 Å². The van der Waals surface area contributed by atoms with Crippen LogP contribution in [0.2, 0.25) is 5.02 Å². The third-order valence-corrected chi connectivity index (χ3v) is 2.87. The van der Waals surface area contributed by atoms with Crippen molar-refractivity contribution < 1.29 is 5.11 Å². The number of aliphatic hydroxyl groups excluding tert-OH is 1. The minimum atomic E-state index is -0.673. The molecule has 0 heterocycles. The Morgan fingerprint density at radius 3 is 2.31 bits per heavy atom. The third-order valence-electron chi connectivity index (χ3n) is 2.64. The molecule has 0 fully saturated rings. The minimum absolute atomic E-state index is 0.0320. The van der Waals surface area contributed by atoms with Crippen molar-refractivity contribution in [3.05, 3.63) is 34.3 Å². The van der Waals surface area contributed by atoms with E-state index in [4.69, 9.17) is 17.3 Å². The molecule has 1 aromatic carbocycles. The summed E-state index contributed by atoms with van der Waals surface area (Å²) in [6.45, 7) is 8.10. The maximum atomic E-state index is 10.1. The first-order valence-electron chi connectivity index (χ1n) is 5.47. The molecule has 0 saturated heterocycles. The molecule has 0 aromatic heterocycles. The molecule has 0 aliphatic rings. The summed E-state index contributed by atoms with van der Waals surface area (Å²) < 4.78 is 0. The molecule has 2 nitrogen and oxygen atoms in total. The molecule has 0 aliphatic carbocycles. The molecule has 3 heteroatoms. The van der Waals surface area contributed by atoms with Gasteiger partial charge in [-0.25, -0.2) is 0 Å². The van der Waals surface area contributed by atoms with Crippen molar-refractivity contribution in [2.45, 2.75) is 45.3 Å². The summed E-state index contributed by atoms with van der Waals surface area (Å²) in [6, 6.07) is 5.30. The molecule has 90 valence electrons. The second-order valence-corrected chi connectivity index (χ2v) is 5.72. The summed E-state index contributed by atoms with van der Waals surface area (Å²) in [5.41, 5.74) is 7.62. The molecule has 2 unspecified atom stereocenters. The van der Waals surface area contributed by atoms with Crippen molar-refractivity contribution in [1.29, 1.82) is 0 Å². The maximum absolute atomic E-state index is 10.1. The summed E-state index contributed by atoms with van der Waals surface area (Å²) in [4.78, 5) is 0. The maximum Gasteiger partial charge on any atom is 0.0941 e. The van der Waals surface area contributed by atoms with Crippen LogP contribution in [0.3, 0.4) is 0 Å². The summed E-state index contributed by atoms with van der Waals surface area (Å²) in [6.07, 6.45) is -0.673. The summed E-state index contributed by atoms with van der Waals surface area (Å²) >= 11 is 5.96. The largest absolute Gasteiger partial charge is 0.387 e. The van der Waals surface area contributed by atoms with E-state index < -0.39 is 6.10 Å². The van der Waals surface area contributed by atoms with Crippen molar-refractivity contribution in [3.8, 4) is 0 Å². The van der Waals surface area contributed by atoms with E-state index in [1.807, 2.05) is 12.1 Å². The molecule has 3 N–H and O–H groups in total. The fourth-order valence-electron chi connectivity index (χ4n) is 1.74. The van der Waals surface area contributed by atoms with Gasteiger partial charge in [-0.2, -0.15) is 0 Å². The number of nitrogens with two attached hydrogens (primary N) is 1. The lowest BCUT2D eigenvalue weighted by Gasteiger charge is -2.27. The molecule has 16 heavy (non-hydrogen) atoms. The van der Waals surface area contributed by atoms with Crippen molar-refractivity contribution >= 4 is 11.6 Å². The van der Waals surface area contributed by atoms with Gasteiger partial charge in [0, 0.05) is 11.1 Å². The van der Waals surface area contributed by atoms with Gasteiger partial charge < -0.3 is 10.8 Å². The molecule has 2 atom stereocenters. The molecule has 1 rings (SSSR count). The molecule has 0 aliphatic heterocycles. The van der Waals surface area contributed by atoms with Crippen LogP contribution in [0.1, 0.15) is 44.9 Å². The summed E-state index contributed by atoms with van der Waals surface area (Å²) in [5, 5.41) is 10.7. The molecular formula is C13H20ClNO. The van der Waals surface area contributed by atoms with Gasteiger partial charge in [0.05, 0.1) is 6.10 Å². The fraction of sp³-hybridized carbons (Fsp3) is 0.538. The van der Waals surface area contributed by atoms with Crippen molar-refractivity contribution in [2.24, 2.45) is 5.73 Å². The Morgan fingerprint density at radius 2 is 1.88 bits per heavy atom. The zero-order valence-corrected chi connectivity index (χ0v) is 11.0. The predicted molar refractivity (Wildman–Crippen MR) is 68.8 cm³/mol. The Labute approximate surface area is 102 Å². The van der Waals surface area contributed by atoms with Crippen LogP contribution in [0.25, 0.3) is 0 Å². The number of halogens is 1. The quantitative estimate of drug-likeness (QED) is 0.836. The highest BCUT2D eigenvalue weighted by atomic mass is 35.5. The minimum Gasteiger partial charge on any atom is -0.387 e. The van der Waals surface area contributed by atoms with Gasteiger partial charge in [0.15, 0.2) is 0 Å². The lowest BCUT2D eigenvalue weighted by atomic mass is 9.81. The van der Waals surface area contributed by atoms with Gasteiger partial charge in [-0.15, -0.1) is 0 Å². The first kappa shape index (κ1) is 13.5. The van der Waals surface area contributed by atoms with Gasteiger partial charge in [-0.3, -0.25) is 0 Å². The number of rotatable bonds is 2. The fourth-order valence-corrected chi connectivity index (χ4v) is 1.93. The Kier molecular flexibility index (Phi) is 4.00. The predicted octanol–water partition coefficient (Wildman–Crippen LogP) is 3.02. The van der Waals surface area contributed by atoms with Crippen molar-refractivity contribution in [2.75, 3.05) is 0 Å². The zero-order valence-electron chi connectivity index (χ0n) is 10.3. The van der Waals surface area contributed by atoms with E-state index in [9.17, 15) is 5.11 Å². The lowest BCUT2D eigenvalue weighted by Crippen LogP contribution is -2.27. The third kappa shape index (κ3) is 2.97. The van der Waals surface area contributed by atoms with E-state index in [1.54, 1.807) is 13.0 Å². The van der Waals surface area contributed by atoms with E-state index in [2.05, 4.69) is 20.8 Å². The van der Waals surface area contributed by atoms with Gasteiger partial charge in [0.25, 0.3) is 0 Å². The second-order valence-electron chi connectivity index (χ2n) is 5.29. The van der Waals surface area contributed by atoms with Gasteiger partial charge in [-0.1, -0.05) is 38.4 Å². The topological polar surface area (TPSA) is 46.2 Å². The first-order chi connectivity index (χ1) is 7.23. The van der Waals surface area contributed by atoms with E-state index in [0.29, 0.717) is 5.02 Å². The molecule has 0 spiro atoms. The van der Waals surface area contributed by atoms with Crippen molar-refractivity contribution in [3.63, 3.8) is 0 Å². The smallest absolute Gasteiger partial charge is 0.0941 e. The van der Waals surface area contributed by atoms with Crippen LogP contribution in [0, 0.1) is 0 Å². The summed E-state index contributed by atoms with van der Waals surface area (Å²) in [5.74, 6) is 0. The monoisotopic (exact) mass is 241 g/mol. The van der Waals surface area contributed by atoms with Crippen LogP contribution in [-0.2, 0) is 5.41 Å². The number of benzene rings is 1. The van der Waals surface area contributed by atoms with Gasteiger partial charge in [0.1, 0.15) is 0 Å². The molecular weight excluding hydrogens is 222 g/mol. The van der Waals surface area contributed by atoms with Crippen LogP contribution in [0.4, 0.5) is 0 Å². The highest BCUT2D eigenvalue weighted by Crippen LogP contribution is 2.32. The molecule has 0 radical (unpaired) electrons. The standard InChI is InChI=1S/C13H20ClNO/c1-8(15)12(16)10-7-9(14)5-6-11(10)13(2,3)4/h5-8,12,16H,15H2,1-4H3. The first-order valence-corrected chi connectivity index (χ1v) is 5.85. The van der Waals surface area contributed by atoms with Gasteiger partial charge >= 0.3 is 0 Å². The highest BCUT2D eigenvalue weighted by molar-refractivity contribution is 6.30. The molecule has 0 saturated carbocycles. The van der Waals surface area contributed by atoms with Gasteiger partial charge in [-0.05, 0) is 35.6 Å². The number of hydrogen-bond acceptors (Lipinski definition) is 2.